The Balaban J connectivity index is 3.08. The van der Waals surface area contributed by atoms with Crippen LogP contribution in [0, 0.1) is 4.91 Å². The number of thiophene rings is 1. The van der Waals surface area contributed by atoms with Gasteiger partial charge in [0.1, 0.15) is 0 Å². The van der Waals surface area contributed by atoms with Crippen LogP contribution >= 0.6 is 11.3 Å². The van der Waals surface area contributed by atoms with Crippen LogP contribution in [0.5, 0.6) is 0 Å². The summed E-state index contributed by atoms with van der Waals surface area (Å²) in [6.45, 7) is 0. The molecule has 0 spiro atoms. The molecule has 0 fully saturated rings. The number of carbonyl (C=O) groups excluding carboxylic acids is 1. The molecular weight excluding hydrogens is 195 g/mol. The Labute approximate surface area is 76.8 Å². The number of ketones is 1. The SMILES string of the molecule is N/C=C(\F)C(=O)c1ccsc1N=O. The van der Waals surface area contributed by atoms with E-state index in [1.54, 1.807) is 0 Å². The summed E-state index contributed by atoms with van der Waals surface area (Å²) in [7, 11) is 0. The van der Waals surface area contributed by atoms with E-state index in [-0.39, 0.29) is 10.6 Å². The minimum Gasteiger partial charge on any atom is -0.402 e. The quantitative estimate of drug-likeness (QED) is 0.461. The maximum atomic E-state index is 12.7. The molecule has 4 nitrogen and oxygen atoms in total. The second-order valence-corrected chi connectivity index (χ2v) is 2.97. The topological polar surface area (TPSA) is 72.5 Å². The highest BCUT2D eigenvalue weighted by Crippen LogP contribution is 2.28. The molecule has 1 aromatic rings. The fourth-order valence-electron chi connectivity index (χ4n) is 0.749. The molecule has 1 aromatic heterocycles. The van der Waals surface area contributed by atoms with Crippen LogP contribution in [0.3, 0.4) is 0 Å². The molecule has 0 aliphatic rings. The molecule has 1 heterocycles. The number of nitrogens with zero attached hydrogens (tertiary/aromatic N) is 1. The zero-order chi connectivity index (χ0) is 9.84. The third-order valence-electron chi connectivity index (χ3n) is 1.34. The van der Waals surface area contributed by atoms with Crippen LogP contribution < -0.4 is 5.73 Å². The fourth-order valence-corrected chi connectivity index (χ4v) is 1.41. The lowest BCUT2D eigenvalue weighted by atomic mass is 10.2. The van der Waals surface area contributed by atoms with Crippen LogP contribution in [0.15, 0.2) is 28.7 Å². The summed E-state index contributed by atoms with van der Waals surface area (Å²) in [5.41, 5.74) is 4.75. The number of nitrogens with two attached hydrogens (primary N) is 1. The number of Topliss-reactive ketones (excluding diaryl/α,β-unsaturated/α-hetero) is 1. The lowest BCUT2D eigenvalue weighted by molar-refractivity contribution is 0.100. The van der Waals surface area contributed by atoms with Crippen LogP contribution in [-0.4, -0.2) is 5.78 Å². The van der Waals surface area contributed by atoms with E-state index in [2.05, 4.69) is 5.18 Å². The Kier molecular flexibility index (Phi) is 2.86. The average Bonchev–Trinajstić information content (AvgIpc) is 2.62. The number of halogens is 1. The molecule has 13 heavy (non-hydrogen) atoms. The first-order valence-electron chi connectivity index (χ1n) is 3.23. The third-order valence-corrected chi connectivity index (χ3v) is 2.13. The average molecular weight is 200 g/mol. The molecule has 2 N–H and O–H groups in total. The van der Waals surface area contributed by atoms with Crippen LogP contribution in [-0.2, 0) is 0 Å². The van der Waals surface area contributed by atoms with E-state index < -0.39 is 11.6 Å². The minimum atomic E-state index is -1.09. The van der Waals surface area contributed by atoms with Gasteiger partial charge in [0, 0.05) is 6.20 Å². The predicted molar refractivity (Wildman–Crippen MR) is 47.5 cm³/mol. The summed E-state index contributed by atoms with van der Waals surface area (Å²) in [5, 5.41) is 4.02. The van der Waals surface area contributed by atoms with Gasteiger partial charge in [-0.25, -0.2) is 4.39 Å². The Bertz CT molecular complexity index is 372. The predicted octanol–water partition coefficient (Wildman–Crippen LogP) is 2.10. The van der Waals surface area contributed by atoms with Gasteiger partial charge in [-0.05, 0) is 16.6 Å². The monoisotopic (exact) mass is 200 g/mol. The van der Waals surface area contributed by atoms with Crippen molar-refractivity contribution in [1.82, 2.24) is 0 Å². The van der Waals surface area contributed by atoms with Crippen molar-refractivity contribution in [3.8, 4) is 0 Å². The number of allylic oxidation sites excluding steroid dienone is 1. The molecule has 0 radical (unpaired) electrons. The fraction of sp³-hybridized carbons (Fsp3) is 0. The molecule has 1 rings (SSSR count). The highest BCUT2D eigenvalue weighted by atomic mass is 32.1. The van der Waals surface area contributed by atoms with E-state index in [9.17, 15) is 14.1 Å². The first-order chi connectivity index (χ1) is 6.20. The van der Waals surface area contributed by atoms with E-state index in [1.807, 2.05) is 0 Å². The summed E-state index contributed by atoms with van der Waals surface area (Å²) >= 11 is 0.971. The van der Waals surface area contributed by atoms with Gasteiger partial charge in [0.25, 0.3) is 0 Å². The second kappa shape index (κ2) is 3.90. The van der Waals surface area contributed by atoms with Crippen LogP contribution in [0.4, 0.5) is 9.39 Å². The van der Waals surface area contributed by atoms with Gasteiger partial charge in [-0.3, -0.25) is 4.79 Å². The van der Waals surface area contributed by atoms with Gasteiger partial charge in [0.05, 0.1) is 5.56 Å². The normalized spacial score (nSPS) is 11.3. The molecule has 0 saturated heterocycles. The second-order valence-electron chi connectivity index (χ2n) is 2.07. The first kappa shape index (κ1) is 9.53. The molecule has 68 valence electrons. The van der Waals surface area contributed by atoms with E-state index in [1.165, 1.54) is 11.4 Å². The van der Waals surface area contributed by atoms with E-state index in [0.29, 0.717) is 6.20 Å². The summed E-state index contributed by atoms with van der Waals surface area (Å²) in [5.74, 6) is -2.01. The smallest absolute Gasteiger partial charge is 0.226 e. The summed E-state index contributed by atoms with van der Waals surface area (Å²) in [4.78, 5) is 21.2. The molecule has 0 aliphatic carbocycles. The van der Waals surface area contributed by atoms with Gasteiger partial charge in [0.2, 0.25) is 5.78 Å². The van der Waals surface area contributed by atoms with Gasteiger partial charge in [0.15, 0.2) is 10.8 Å². The zero-order valence-corrected chi connectivity index (χ0v) is 7.18. The van der Waals surface area contributed by atoms with Crippen molar-refractivity contribution in [1.29, 1.82) is 0 Å². The Morgan fingerprint density at radius 1 is 1.69 bits per heavy atom. The zero-order valence-electron chi connectivity index (χ0n) is 6.36. The van der Waals surface area contributed by atoms with Crippen molar-refractivity contribution < 1.29 is 9.18 Å². The van der Waals surface area contributed by atoms with E-state index in [0.717, 1.165) is 11.3 Å². The number of rotatable bonds is 3. The highest BCUT2D eigenvalue weighted by molar-refractivity contribution is 7.14. The minimum absolute atomic E-state index is 0.0398. The number of hydrogen-bond acceptors (Lipinski definition) is 5. The molecule has 0 aliphatic heterocycles. The maximum absolute atomic E-state index is 12.7. The van der Waals surface area contributed by atoms with E-state index in [4.69, 9.17) is 5.73 Å². The van der Waals surface area contributed by atoms with Crippen molar-refractivity contribution in [3.63, 3.8) is 0 Å². The number of hydrogen-bond donors (Lipinski definition) is 1. The standard InChI is InChI=1S/C7H5FN2O2S/c8-5(3-9)6(11)4-1-2-13-7(4)10-12/h1-3H,9H2/b5-3-. The largest absolute Gasteiger partial charge is 0.402 e. The summed E-state index contributed by atoms with van der Waals surface area (Å²) < 4.78 is 12.7. The lowest BCUT2D eigenvalue weighted by Gasteiger charge is -1.92. The molecule has 0 saturated carbocycles. The van der Waals surface area contributed by atoms with Crippen molar-refractivity contribution >= 4 is 22.1 Å². The Morgan fingerprint density at radius 2 is 2.38 bits per heavy atom. The van der Waals surface area contributed by atoms with Gasteiger partial charge < -0.3 is 5.73 Å². The maximum Gasteiger partial charge on any atom is 0.226 e. The van der Waals surface area contributed by atoms with Crippen LogP contribution in [0.1, 0.15) is 10.4 Å². The van der Waals surface area contributed by atoms with Crippen LogP contribution in [0.25, 0.3) is 0 Å². The summed E-state index contributed by atoms with van der Waals surface area (Å²) in [6, 6.07) is 1.33. The highest BCUT2D eigenvalue weighted by Gasteiger charge is 2.17. The Morgan fingerprint density at radius 3 is 2.92 bits per heavy atom. The van der Waals surface area contributed by atoms with Crippen molar-refractivity contribution in [3.05, 3.63) is 33.9 Å². The van der Waals surface area contributed by atoms with Gasteiger partial charge in [-0.15, -0.1) is 16.2 Å². The van der Waals surface area contributed by atoms with Gasteiger partial charge >= 0.3 is 0 Å². The third kappa shape index (κ3) is 1.78. The van der Waals surface area contributed by atoms with Crippen molar-refractivity contribution in [2.24, 2.45) is 10.9 Å². The molecule has 0 atom stereocenters. The van der Waals surface area contributed by atoms with Crippen molar-refractivity contribution in [2.45, 2.75) is 0 Å². The summed E-state index contributed by atoms with van der Waals surface area (Å²) in [6.07, 6.45) is 0.550. The molecule has 6 heteroatoms. The lowest BCUT2D eigenvalue weighted by Crippen LogP contribution is -2.00. The Hall–Kier alpha value is -1.56. The van der Waals surface area contributed by atoms with Gasteiger partial charge in [-0.2, -0.15) is 0 Å². The number of carbonyl (C=O) groups is 1. The van der Waals surface area contributed by atoms with Crippen molar-refractivity contribution in [2.75, 3.05) is 0 Å². The molecular formula is C7H5FN2O2S. The molecule has 0 aromatic carbocycles. The van der Waals surface area contributed by atoms with E-state index >= 15 is 0 Å². The van der Waals surface area contributed by atoms with Crippen LogP contribution in [0.2, 0.25) is 0 Å². The molecule has 0 unspecified atom stereocenters. The molecule has 0 amide bonds. The van der Waals surface area contributed by atoms with Gasteiger partial charge in [-0.1, -0.05) is 0 Å². The number of nitroso groups, excluding NO2 is 1. The molecule has 0 bridgehead atoms. The first-order valence-corrected chi connectivity index (χ1v) is 4.11.